The van der Waals surface area contributed by atoms with E-state index in [0.717, 1.165) is 70.3 Å². The van der Waals surface area contributed by atoms with E-state index in [2.05, 4.69) is 10.2 Å². The van der Waals surface area contributed by atoms with Crippen molar-refractivity contribution in [3.8, 4) is 0 Å². The first kappa shape index (κ1) is 19.9. The van der Waals surface area contributed by atoms with Gasteiger partial charge in [-0.05, 0) is 62.9 Å². The SMILES string of the molecule is Cl.O=S(=O)(c1ccc2c(c1)N(C1CCNCC1)CC2)N1CCCCCC1. The maximum atomic E-state index is 13.1. The molecule has 5 nitrogen and oxygen atoms in total. The third-order valence-corrected chi connectivity index (χ3v) is 7.84. The second kappa shape index (κ2) is 8.46. The third-order valence-electron chi connectivity index (χ3n) is 5.94. The molecule has 0 bridgehead atoms. The Morgan fingerprint density at radius 1 is 0.962 bits per heavy atom. The smallest absolute Gasteiger partial charge is 0.243 e. The molecular weight excluding hydrogens is 370 g/mol. The Morgan fingerprint density at radius 3 is 2.35 bits per heavy atom. The first-order valence-electron chi connectivity index (χ1n) is 9.77. The molecule has 0 aromatic heterocycles. The summed E-state index contributed by atoms with van der Waals surface area (Å²) >= 11 is 0. The molecule has 0 amide bonds. The lowest BCUT2D eigenvalue weighted by molar-refractivity contribution is 0.423. The van der Waals surface area contributed by atoms with Crippen LogP contribution in [0.4, 0.5) is 5.69 Å². The molecule has 1 N–H and O–H groups in total. The lowest BCUT2D eigenvalue weighted by Crippen LogP contribution is -2.42. The average molecular weight is 400 g/mol. The molecule has 2 saturated heterocycles. The van der Waals surface area contributed by atoms with Gasteiger partial charge in [0.2, 0.25) is 10.0 Å². The standard InChI is InChI=1S/C19H29N3O2S.ClH/c23-25(24,21-12-3-1-2-4-13-21)18-6-5-16-9-14-22(19(16)15-18)17-7-10-20-11-8-17;/h5-6,15,17,20H,1-4,7-14H2;1H. The zero-order chi connectivity index (χ0) is 17.3. The van der Waals surface area contributed by atoms with Gasteiger partial charge in [-0.2, -0.15) is 4.31 Å². The summed E-state index contributed by atoms with van der Waals surface area (Å²) in [6, 6.07) is 6.36. The van der Waals surface area contributed by atoms with Crippen LogP contribution in [0.15, 0.2) is 23.1 Å². The van der Waals surface area contributed by atoms with E-state index in [9.17, 15) is 8.42 Å². The highest BCUT2D eigenvalue weighted by molar-refractivity contribution is 7.89. The fourth-order valence-electron chi connectivity index (χ4n) is 4.47. The van der Waals surface area contributed by atoms with Gasteiger partial charge in [0, 0.05) is 31.4 Å². The van der Waals surface area contributed by atoms with Gasteiger partial charge in [-0.1, -0.05) is 18.9 Å². The minimum Gasteiger partial charge on any atom is -0.368 e. The maximum Gasteiger partial charge on any atom is 0.243 e. The lowest BCUT2D eigenvalue weighted by atomic mass is 10.0. The van der Waals surface area contributed by atoms with Gasteiger partial charge in [0.25, 0.3) is 0 Å². The number of benzene rings is 1. The van der Waals surface area contributed by atoms with Crippen molar-refractivity contribution in [2.45, 2.75) is 55.9 Å². The fraction of sp³-hybridized carbons (Fsp3) is 0.684. The predicted molar refractivity (Wildman–Crippen MR) is 108 cm³/mol. The summed E-state index contributed by atoms with van der Waals surface area (Å²) in [7, 11) is -3.37. The van der Waals surface area contributed by atoms with Crippen LogP contribution in [0.1, 0.15) is 44.1 Å². The van der Waals surface area contributed by atoms with Gasteiger partial charge in [-0.3, -0.25) is 0 Å². The molecule has 1 aromatic carbocycles. The largest absolute Gasteiger partial charge is 0.368 e. The number of fused-ring (bicyclic) bond motifs is 1. The van der Waals surface area contributed by atoms with Crippen LogP contribution in [0.2, 0.25) is 0 Å². The number of halogens is 1. The van der Waals surface area contributed by atoms with Crippen LogP contribution in [-0.2, 0) is 16.4 Å². The van der Waals surface area contributed by atoms with Crippen molar-refractivity contribution in [1.29, 1.82) is 0 Å². The molecule has 26 heavy (non-hydrogen) atoms. The number of hydrogen-bond donors (Lipinski definition) is 1. The molecule has 0 saturated carbocycles. The first-order valence-corrected chi connectivity index (χ1v) is 11.2. The van der Waals surface area contributed by atoms with Crippen LogP contribution >= 0.6 is 12.4 Å². The number of piperidine rings is 1. The van der Waals surface area contributed by atoms with Gasteiger partial charge in [0.1, 0.15) is 0 Å². The molecule has 0 radical (unpaired) electrons. The van der Waals surface area contributed by atoms with E-state index >= 15 is 0 Å². The molecule has 0 aliphatic carbocycles. The molecule has 7 heteroatoms. The minimum absolute atomic E-state index is 0. The highest BCUT2D eigenvalue weighted by Crippen LogP contribution is 2.34. The Balaban J connectivity index is 0.00000196. The normalized spacial score (nSPS) is 22.5. The molecule has 1 aromatic rings. The van der Waals surface area contributed by atoms with Crippen LogP contribution < -0.4 is 10.2 Å². The molecule has 0 unspecified atom stereocenters. The average Bonchev–Trinajstić information content (AvgIpc) is 2.86. The first-order chi connectivity index (χ1) is 12.2. The monoisotopic (exact) mass is 399 g/mol. The molecular formula is C19H30ClN3O2S. The highest BCUT2D eigenvalue weighted by atomic mass is 35.5. The van der Waals surface area contributed by atoms with Crippen molar-refractivity contribution < 1.29 is 8.42 Å². The molecule has 146 valence electrons. The quantitative estimate of drug-likeness (QED) is 0.849. The Kier molecular flexibility index (Phi) is 6.49. The number of nitrogens with one attached hydrogen (secondary N) is 1. The van der Waals surface area contributed by atoms with E-state index in [0.29, 0.717) is 24.0 Å². The maximum absolute atomic E-state index is 13.1. The van der Waals surface area contributed by atoms with Crippen LogP contribution in [0, 0.1) is 0 Å². The van der Waals surface area contributed by atoms with E-state index < -0.39 is 10.0 Å². The van der Waals surface area contributed by atoms with E-state index in [1.165, 1.54) is 5.56 Å². The molecule has 4 rings (SSSR count). The van der Waals surface area contributed by atoms with Crippen molar-refractivity contribution in [3.05, 3.63) is 23.8 Å². The van der Waals surface area contributed by atoms with Gasteiger partial charge >= 0.3 is 0 Å². The van der Waals surface area contributed by atoms with E-state index in [-0.39, 0.29) is 12.4 Å². The summed E-state index contributed by atoms with van der Waals surface area (Å²) in [6.07, 6.45) is 7.55. The van der Waals surface area contributed by atoms with Crippen molar-refractivity contribution in [2.75, 3.05) is 37.6 Å². The van der Waals surface area contributed by atoms with E-state index in [1.54, 1.807) is 4.31 Å². The Hall–Kier alpha value is -0.820. The molecule has 3 aliphatic heterocycles. The summed E-state index contributed by atoms with van der Waals surface area (Å²) in [6.45, 7) is 4.46. The van der Waals surface area contributed by atoms with Crippen molar-refractivity contribution in [3.63, 3.8) is 0 Å². The zero-order valence-corrected chi connectivity index (χ0v) is 17.0. The van der Waals surface area contributed by atoms with Crippen LogP contribution in [0.3, 0.4) is 0 Å². The Labute approximate surface area is 163 Å². The van der Waals surface area contributed by atoms with Crippen molar-refractivity contribution in [2.24, 2.45) is 0 Å². The zero-order valence-electron chi connectivity index (χ0n) is 15.3. The Bertz CT molecular complexity index is 711. The second-order valence-electron chi connectivity index (χ2n) is 7.53. The van der Waals surface area contributed by atoms with E-state index in [4.69, 9.17) is 0 Å². The molecule has 0 atom stereocenters. The summed E-state index contributed by atoms with van der Waals surface area (Å²) < 4.78 is 27.9. The number of sulfonamides is 1. The molecule has 3 heterocycles. The number of anilines is 1. The fourth-order valence-corrected chi connectivity index (χ4v) is 6.01. The van der Waals surface area contributed by atoms with Gasteiger partial charge in [0.15, 0.2) is 0 Å². The third kappa shape index (κ3) is 3.88. The van der Waals surface area contributed by atoms with Gasteiger partial charge in [-0.15, -0.1) is 12.4 Å². The summed E-state index contributed by atoms with van der Waals surface area (Å²) in [5, 5.41) is 3.42. The molecule has 2 fully saturated rings. The highest BCUT2D eigenvalue weighted by Gasteiger charge is 2.30. The summed E-state index contributed by atoms with van der Waals surface area (Å²) in [5.41, 5.74) is 2.45. The molecule has 0 spiro atoms. The number of hydrogen-bond acceptors (Lipinski definition) is 4. The van der Waals surface area contributed by atoms with Crippen molar-refractivity contribution in [1.82, 2.24) is 9.62 Å². The Morgan fingerprint density at radius 2 is 1.65 bits per heavy atom. The predicted octanol–water partition coefficient (Wildman–Crippen LogP) is 2.79. The lowest BCUT2D eigenvalue weighted by Gasteiger charge is -2.34. The van der Waals surface area contributed by atoms with Gasteiger partial charge in [0.05, 0.1) is 4.90 Å². The molecule has 3 aliphatic rings. The van der Waals surface area contributed by atoms with Gasteiger partial charge in [-0.25, -0.2) is 8.42 Å². The second-order valence-corrected chi connectivity index (χ2v) is 9.47. The number of nitrogens with zero attached hydrogens (tertiary/aromatic N) is 2. The van der Waals surface area contributed by atoms with Crippen LogP contribution in [0.5, 0.6) is 0 Å². The van der Waals surface area contributed by atoms with E-state index in [1.807, 2.05) is 18.2 Å². The van der Waals surface area contributed by atoms with Crippen LogP contribution in [-0.4, -0.2) is 51.5 Å². The van der Waals surface area contributed by atoms with Crippen LogP contribution in [0.25, 0.3) is 0 Å². The topological polar surface area (TPSA) is 52.7 Å². The number of rotatable bonds is 3. The summed E-state index contributed by atoms with van der Waals surface area (Å²) in [5.74, 6) is 0. The van der Waals surface area contributed by atoms with Crippen molar-refractivity contribution >= 4 is 28.1 Å². The summed E-state index contributed by atoms with van der Waals surface area (Å²) in [4.78, 5) is 2.94. The van der Waals surface area contributed by atoms with Gasteiger partial charge < -0.3 is 10.2 Å². The minimum atomic E-state index is -3.37.